The Kier molecular flexibility index (Phi) is 4.00. The Hall–Kier alpha value is -2.10. The van der Waals surface area contributed by atoms with Crippen LogP contribution < -0.4 is 5.32 Å². The molecule has 0 spiro atoms. The summed E-state index contributed by atoms with van der Waals surface area (Å²) < 4.78 is 5.96. The standard InChI is InChI=1S/C20H23NO2/c1-19(2,3)21-14-20(22,16-10-5-4-6-11-16)18-13-15-9-7-8-12-17(15)23-18/h4-13,21-22H,14H2,1-3H3. The van der Waals surface area contributed by atoms with E-state index >= 15 is 0 Å². The van der Waals surface area contributed by atoms with Crippen molar-refractivity contribution >= 4 is 11.0 Å². The molecule has 1 unspecified atom stereocenters. The molecule has 1 aromatic heterocycles. The van der Waals surface area contributed by atoms with Crippen molar-refractivity contribution in [3.05, 3.63) is 72.0 Å². The minimum Gasteiger partial charge on any atom is -0.458 e. The van der Waals surface area contributed by atoms with E-state index in [4.69, 9.17) is 4.42 Å². The Labute approximate surface area is 136 Å². The maximum atomic E-state index is 11.5. The predicted octanol–water partition coefficient (Wildman–Crippen LogP) is 4.06. The molecule has 0 fully saturated rings. The summed E-state index contributed by atoms with van der Waals surface area (Å²) in [5, 5.41) is 15.8. The van der Waals surface area contributed by atoms with Gasteiger partial charge in [0.1, 0.15) is 11.3 Å². The Balaban J connectivity index is 2.07. The zero-order valence-electron chi connectivity index (χ0n) is 13.8. The van der Waals surface area contributed by atoms with Gasteiger partial charge in [-0.05, 0) is 38.5 Å². The summed E-state index contributed by atoms with van der Waals surface area (Å²) in [6.45, 7) is 6.62. The number of aliphatic hydroxyl groups is 1. The molecule has 1 atom stereocenters. The van der Waals surface area contributed by atoms with Gasteiger partial charge in [-0.1, -0.05) is 48.5 Å². The summed E-state index contributed by atoms with van der Waals surface area (Å²) in [6, 6.07) is 19.4. The van der Waals surface area contributed by atoms with Crippen molar-refractivity contribution in [3.8, 4) is 0 Å². The second-order valence-electron chi connectivity index (χ2n) is 6.98. The Morgan fingerprint density at radius 3 is 2.26 bits per heavy atom. The van der Waals surface area contributed by atoms with Crippen LogP contribution in [0.15, 0.2) is 65.1 Å². The van der Waals surface area contributed by atoms with Crippen molar-refractivity contribution in [2.45, 2.75) is 31.9 Å². The maximum Gasteiger partial charge on any atom is 0.159 e. The smallest absolute Gasteiger partial charge is 0.159 e. The van der Waals surface area contributed by atoms with E-state index in [0.29, 0.717) is 12.3 Å². The number of β-amino-alcohol motifs (C(OH)–C–C–N with tert-alkyl or cyclic N) is 1. The number of fused-ring (bicyclic) bond motifs is 1. The highest BCUT2D eigenvalue weighted by atomic mass is 16.4. The highest BCUT2D eigenvalue weighted by Gasteiger charge is 2.36. The molecule has 23 heavy (non-hydrogen) atoms. The summed E-state index contributed by atoms with van der Waals surface area (Å²) in [4.78, 5) is 0. The molecule has 2 aromatic carbocycles. The molecule has 0 aliphatic heterocycles. The van der Waals surface area contributed by atoms with E-state index in [2.05, 4.69) is 26.1 Å². The van der Waals surface area contributed by atoms with Crippen LogP contribution in [0.2, 0.25) is 0 Å². The van der Waals surface area contributed by atoms with E-state index in [-0.39, 0.29) is 5.54 Å². The lowest BCUT2D eigenvalue weighted by Crippen LogP contribution is -2.46. The fourth-order valence-corrected chi connectivity index (χ4v) is 2.62. The molecule has 0 radical (unpaired) electrons. The van der Waals surface area contributed by atoms with Crippen molar-refractivity contribution in [2.75, 3.05) is 6.54 Å². The van der Waals surface area contributed by atoms with Crippen LogP contribution >= 0.6 is 0 Å². The first kappa shape index (κ1) is 15.8. The molecule has 0 saturated carbocycles. The SMILES string of the molecule is CC(C)(C)NCC(O)(c1ccccc1)c1cc2ccccc2o1. The molecule has 120 valence electrons. The normalized spacial score (nSPS) is 14.8. The number of nitrogens with one attached hydrogen (secondary N) is 1. The monoisotopic (exact) mass is 309 g/mol. The van der Waals surface area contributed by atoms with Gasteiger partial charge in [-0.3, -0.25) is 0 Å². The molecule has 3 rings (SSSR count). The van der Waals surface area contributed by atoms with Gasteiger partial charge in [-0.2, -0.15) is 0 Å². The molecule has 1 heterocycles. The lowest BCUT2D eigenvalue weighted by atomic mass is 9.90. The maximum absolute atomic E-state index is 11.5. The van der Waals surface area contributed by atoms with Gasteiger partial charge in [-0.15, -0.1) is 0 Å². The van der Waals surface area contributed by atoms with Gasteiger partial charge in [0.15, 0.2) is 5.60 Å². The third-order valence-corrected chi connectivity index (χ3v) is 3.96. The molecule has 0 aliphatic rings. The van der Waals surface area contributed by atoms with Gasteiger partial charge in [0.25, 0.3) is 0 Å². The third kappa shape index (κ3) is 3.31. The minimum atomic E-state index is -1.21. The van der Waals surface area contributed by atoms with E-state index in [1.807, 2.05) is 60.7 Å². The number of benzene rings is 2. The number of rotatable bonds is 4. The van der Waals surface area contributed by atoms with E-state index in [1.54, 1.807) is 0 Å². The number of para-hydroxylation sites is 1. The molecule has 3 nitrogen and oxygen atoms in total. The molecular weight excluding hydrogens is 286 g/mol. The lowest BCUT2D eigenvalue weighted by Gasteiger charge is -2.31. The zero-order valence-corrected chi connectivity index (χ0v) is 13.8. The molecule has 3 heteroatoms. The van der Waals surface area contributed by atoms with E-state index < -0.39 is 5.60 Å². The second-order valence-corrected chi connectivity index (χ2v) is 6.98. The minimum absolute atomic E-state index is 0.102. The first-order chi connectivity index (χ1) is 10.9. The molecule has 0 amide bonds. The quantitative estimate of drug-likeness (QED) is 0.764. The summed E-state index contributed by atoms with van der Waals surface area (Å²) in [6.07, 6.45) is 0. The topological polar surface area (TPSA) is 45.4 Å². The molecule has 0 saturated heterocycles. The van der Waals surface area contributed by atoms with Gasteiger partial charge in [0.2, 0.25) is 0 Å². The highest BCUT2D eigenvalue weighted by molar-refractivity contribution is 5.78. The van der Waals surface area contributed by atoms with Crippen LogP contribution in [0.5, 0.6) is 0 Å². The van der Waals surface area contributed by atoms with Crippen LogP contribution in [0.4, 0.5) is 0 Å². The van der Waals surface area contributed by atoms with Crippen molar-refractivity contribution < 1.29 is 9.52 Å². The van der Waals surface area contributed by atoms with Crippen LogP contribution in [-0.2, 0) is 5.60 Å². The third-order valence-electron chi connectivity index (χ3n) is 3.96. The van der Waals surface area contributed by atoms with Crippen molar-refractivity contribution in [1.29, 1.82) is 0 Å². The molecule has 2 N–H and O–H groups in total. The summed E-state index contributed by atoms with van der Waals surface area (Å²) in [5.74, 6) is 0.557. The molecule has 0 aliphatic carbocycles. The van der Waals surface area contributed by atoms with Gasteiger partial charge in [0, 0.05) is 17.5 Å². The number of furan rings is 1. The Bertz CT molecular complexity index is 753. The number of hydrogen-bond donors (Lipinski definition) is 2. The van der Waals surface area contributed by atoms with Crippen LogP contribution in [0.3, 0.4) is 0 Å². The van der Waals surface area contributed by atoms with Crippen molar-refractivity contribution in [3.63, 3.8) is 0 Å². The van der Waals surface area contributed by atoms with Crippen LogP contribution in [0.1, 0.15) is 32.1 Å². The van der Waals surface area contributed by atoms with Gasteiger partial charge >= 0.3 is 0 Å². The van der Waals surface area contributed by atoms with E-state index in [9.17, 15) is 5.11 Å². The average Bonchev–Trinajstić information content (AvgIpc) is 2.97. The Morgan fingerprint density at radius 1 is 0.957 bits per heavy atom. The van der Waals surface area contributed by atoms with Gasteiger partial charge in [-0.25, -0.2) is 0 Å². The van der Waals surface area contributed by atoms with Crippen molar-refractivity contribution in [2.24, 2.45) is 0 Å². The molecule has 0 bridgehead atoms. The summed E-state index contributed by atoms with van der Waals surface area (Å²) in [7, 11) is 0. The summed E-state index contributed by atoms with van der Waals surface area (Å²) in [5.41, 5.74) is 0.283. The van der Waals surface area contributed by atoms with Gasteiger partial charge in [0.05, 0.1) is 0 Å². The average molecular weight is 309 g/mol. The van der Waals surface area contributed by atoms with Crippen molar-refractivity contribution in [1.82, 2.24) is 5.32 Å². The van der Waals surface area contributed by atoms with E-state index in [1.165, 1.54) is 0 Å². The first-order valence-corrected chi connectivity index (χ1v) is 7.90. The molecular formula is C20H23NO2. The highest BCUT2D eigenvalue weighted by Crippen LogP contribution is 2.33. The fraction of sp³-hybridized carbons (Fsp3) is 0.300. The van der Waals surface area contributed by atoms with E-state index in [0.717, 1.165) is 16.5 Å². The fourth-order valence-electron chi connectivity index (χ4n) is 2.62. The van der Waals surface area contributed by atoms with Crippen LogP contribution in [0.25, 0.3) is 11.0 Å². The van der Waals surface area contributed by atoms with Crippen LogP contribution in [-0.4, -0.2) is 17.2 Å². The lowest BCUT2D eigenvalue weighted by molar-refractivity contribution is 0.0516. The van der Waals surface area contributed by atoms with Gasteiger partial charge < -0.3 is 14.8 Å². The summed E-state index contributed by atoms with van der Waals surface area (Å²) >= 11 is 0. The van der Waals surface area contributed by atoms with Crippen LogP contribution in [0, 0.1) is 0 Å². The largest absolute Gasteiger partial charge is 0.458 e. The first-order valence-electron chi connectivity index (χ1n) is 7.90. The molecule has 3 aromatic rings. The Morgan fingerprint density at radius 2 is 1.61 bits per heavy atom. The zero-order chi connectivity index (χ0) is 16.5. The second kappa shape index (κ2) is 5.84. The predicted molar refractivity (Wildman–Crippen MR) is 93.4 cm³/mol. The number of hydrogen-bond acceptors (Lipinski definition) is 3.